The Kier molecular flexibility index (Phi) is 6.86. The van der Waals surface area contributed by atoms with Crippen molar-refractivity contribution in [2.75, 3.05) is 23.6 Å². The number of aromatic nitrogens is 2. The van der Waals surface area contributed by atoms with E-state index in [1.807, 2.05) is 30.3 Å². The van der Waals surface area contributed by atoms with Gasteiger partial charge in [-0.3, -0.25) is 9.52 Å². The summed E-state index contributed by atoms with van der Waals surface area (Å²) in [6.07, 6.45) is 2.50. The number of ether oxygens (including phenoxy) is 1. The van der Waals surface area contributed by atoms with Crippen molar-refractivity contribution in [3.63, 3.8) is 0 Å². The van der Waals surface area contributed by atoms with E-state index in [9.17, 15) is 18.0 Å². The number of anilines is 1. The topological polar surface area (TPSA) is 131 Å². The molecule has 3 rings (SSSR count). The molecule has 2 heterocycles. The molecule has 0 saturated carbocycles. The van der Waals surface area contributed by atoms with Crippen LogP contribution in [0.2, 0.25) is 0 Å². The summed E-state index contributed by atoms with van der Waals surface area (Å²) in [5.41, 5.74) is 1.97. The third kappa shape index (κ3) is 6.48. The van der Waals surface area contributed by atoms with Crippen LogP contribution in [0.25, 0.3) is 5.52 Å². The van der Waals surface area contributed by atoms with Gasteiger partial charge in [-0.15, -0.1) is 0 Å². The fourth-order valence-corrected chi connectivity index (χ4v) is 3.49. The van der Waals surface area contributed by atoms with Gasteiger partial charge in [0, 0.05) is 18.9 Å². The molecule has 1 aromatic carbocycles. The molecule has 2 aromatic heterocycles. The first-order chi connectivity index (χ1) is 14.4. The van der Waals surface area contributed by atoms with Crippen molar-refractivity contribution < 1.29 is 22.7 Å². The van der Waals surface area contributed by atoms with Crippen LogP contribution in [0.5, 0.6) is 0 Å². The van der Waals surface area contributed by atoms with E-state index in [0.717, 1.165) is 11.1 Å². The van der Waals surface area contributed by atoms with Gasteiger partial charge in [0.2, 0.25) is 15.9 Å². The number of amides is 2. The van der Waals surface area contributed by atoms with E-state index in [1.54, 1.807) is 35.1 Å². The lowest BCUT2D eigenvalue weighted by Gasteiger charge is -2.10. The average Bonchev–Trinajstić information content (AvgIpc) is 3.19. The van der Waals surface area contributed by atoms with Gasteiger partial charge in [0.05, 0.1) is 23.5 Å². The first kappa shape index (κ1) is 21.1. The summed E-state index contributed by atoms with van der Waals surface area (Å²) in [4.78, 5) is 23.4. The maximum absolute atomic E-state index is 12.2. The van der Waals surface area contributed by atoms with Crippen molar-refractivity contribution >= 4 is 33.2 Å². The van der Waals surface area contributed by atoms with Crippen LogP contribution in [-0.2, 0) is 26.2 Å². The SMILES string of the molecule is O=C(CNC(=O)OCc1ccccc1)NCCS(=O)(=O)Nc1ccn2nccc2c1. The van der Waals surface area contributed by atoms with E-state index in [-0.39, 0.29) is 25.4 Å². The number of carbonyl (C=O) groups is 2. The number of hydrogen-bond acceptors (Lipinski definition) is 6. The summed E-state index contributed by atoms with van der Waals surface area (Å²) in [5.74, 6) is -0.843. The highest BCUT2D eigenvalue weighted by molar-refractivity contribution is 7.92. The number of alkyl carbamates (subject to hydrolysis) is 1. The molecule has 0 spiro atoms. The van der Waals surface area contributed by atoms with E-state index in [1.165, 1.54) is 0 Å². The molecular weight excluding hydrogens is 410 g/mol. The molecule has 0 fully saturated rings. The van der Waals surface area contributed by atoms with Gasteiger partial charge in [-0.2, -0.15) is 5.10 Å². The fraction of sp³-hybridized carbons (Fsp3) is 0.211. The molecular formula is C19H21N5O5S. The summed E-state index contributed by atoms with van der Waals surface area (Å²) in [5, 5.41) is 8.78. The Morgan fingerprint density at radius 2 is 1.87 bits per heavy atom. The zero-order valence-electron chi connectivity index (χ0n) is 15.9. The Hall–Kier alpha value is -3.60. The van der Waals surface area contributed by atoms with Gasteiger partial charge in [-0.25, -0.2) is 17.7 Å². The largest absolute Gasteiger partial charge is 0.445 e. The molecule has 3 N–H and O–H groups in total. The van der Waals surface area contributed by atoms with Crippen LogP contribution in [0.3, 0.4) is 0 Å². The van der Waals surface area contributed by atoms with E-state index in [0.29, 0.717) is 5.69 Å². The second-order valence-electron chi connectivity index (χ2n) is 6.30. The number of nitrogens with zero attached hydrogens (tertiary/aromatic N) is 2. The molecule has 0 aliphatic rings. The van der Waals surface area contributed by atoms with E-state index in [2.05, 4.69) is 20.5 Å². The van der Waals surface area contributed by atoms with E-state index >= 15 is 0 Å². The molecule has 0 bridgehead atoms. The lowest BCUT2D eigenvalue weighted by molar-refractivity contribution is -0.120. The highest BCUT2D eigenvalue weighted by Gasteiger charge is 2.12. The number of nitrogens with one attached hydrogen (secondary N) is 3. The number of pyridine rings is 1. The van der Waals surface area contributed by atoms with Crippen molar-refractivity contribution in [2.24, 2.45) is 0 Å². The van der Waals surface area contributed by atoms with Gasteiger partial charge in [0.1, 0.15) is 6.61 Å². The smallest absolute Gasteiger partial charge is 0.407 e. The molecule has 10 nitrogen and oxygen atoms in total. The van der Waals surface area contributed by atoms with Crippen LogP contribution in [-0.4, -0.2) is 48.9 Å². The molecule has 0 aliphatic heterocycles. The Morgan fingerprint density at radius 3 is 2.67 bits per heavy atom. The maximum Gasteiger partial charge on any atom is 0.407 e. The molecule has 0 saturated heterocycles. The summed E-state index contributed by atoms with van der Waals surface area (Å²) in [6.45, 7) is -0.341. The molecule has 0 radical (unpaired) electrons. The van der Waals surface area contributed by atoms with Gasteiger partial charge in [0.15, 0.2) is 0 Å². The van der Waals surface area contributed by atoms with Crippen molar-refractivity contribution in [1.29, 1.82) is 0 Å². The van der Waals surface area contributed by atoms with Crippen LogP contribution >= 0.6 is 0 Å². The predicted octanol–water partition coefficient (Wildman–Crippen LogP) is 1.12. The molecule has 0 aliphatic carbocycles. The summed E-state index contributed by atoms with van der Waals surface area (Å²) < 4.78 is 33.4. The minimum atomic E-state index is -3.66. The zero-order valence-corrected chi connectivity index (χ0v) is 16.8. The van der Waals surface area contributed by atoms with Crippen molar-refractivity contribution in [3.05, 3.63) is 66.5 Å². The maximum atomic E-state index is 12.2. The number of carbonyl (C=O) groups excluding carboxylic acids is 2. The molecule has 3 aromatic rings. The molecule has 2 amide bonds. The first-order valence-corrected chi connectivity index (χ1v) is 10.7. The van der Waals surface area contributed by atoms with Crippen LogP contribution in [0.4, 0.5) is 10.5 Å². The van der Waals surface area contributed by atoms with Gasteiger partial charge in [0.25, 0.3) is 0 Å². The summed E-state index contributed by atoms with van der Waals surface area (Å²) >= 11 is 0. The Morgan fingerprint density at radius 1 is 1.07 bits per heavy atom. The Balaban J connectivity index is 1.35. The van der Waals surface area contributed by atoms with Crippen LogP contribution in [0, 0.1) is 0 Å². The number of sulfonamides is 1. The van der Waals surface area contributed by atoms with Crippen LogP contribution < -0.4 is 15.4 Å². The lowest BCUT2D eigenvalue weighted by Crippen LogP contribution is -2.39. The third-order valence-corrected chi connectivity index (χ3v) is 5.26. The van der Waals surface area contributed by atoms with Gasteiger partial charge >= 0.3 is 6.09 Å². The fourth-order valence-electron chi connectivity index (χ4n) is 2.53. The Labute approximate surface area is 173 Å². The summed E-state index contributed by atoms with van der Waals surface area (Å²) in [7, 11) is -3.66. The lowest BCUT2D eigenvalue weighted by atomic mass is 10.2. The van der Waals surface area contributed by atoms with Gasteiger partial charge < -0.3 is 15.4 Å². The van der Waals surface area contributed by atoms with Gasteiger partial charge in [-0.1, -0.05) is 30.3 Å². The molecule has 0 unspecified atom stereocenters. The Bertz CT molecular complexity index is 1110. The minimum Gasteiger partial charge on any atom is -0.445 e. The van der Waals surface area contributed by atoms with Gasteiger partial charge in [-0.05, 0) is 23.8 Å². The zero-order chi connectivity index (χ0) is 21.4. The predicted molar refractivity (Wildman–Crippen MR) is 110 cm³/mol. The number of benzene rings is 1. The van der Waals surface area contributed by atoms with Crippen molar-refractivity contribution in [2.45, 2.75) is 6.61 Å². The highest BCUT2D eigenvalue weighted by Crippen LogP contribution is 2.12. The number of fused-ring (bicyclic) bond motifs is 1. The molecule has 11 heteroatoms. The highest BCUT2D eigenvalue weighted by atomic mass is 32.2. The quantitative estimate of drug-likeness (QED) is 0.465. The third-order valence-electron chi connectivity index (χ3n) is 3.97. The second-order valence-corrected chi connectivity index (χ2v) is 8.14. The average molecular weight is 431 g/mol. The normalized spacial score (nSPS) is 11.1. The first-order valence-electron chi connectivity index (χ1n) is 9.06. The molecule has 0 atom stereocenters. The summed E-state index contributed by atoms with van der Waals surface area (Å²) in [6, 6.07) is 14.1. The molecule has 30 heavy (non-hydrogen) atoms. The van der Waals surface area contributed by atoms with Crippen molar-refractivity contribution in [3.8, 4) is 0 Å². The van der Waals surface area contributed by atoms with Crippen LogP contribution in [0.1, 0.15) is 5.56 Å². The minimum absolute atomic E-state index is 0.0866. The number of hydrogen-bond donors (Lipinski definition) is 3. The monoisotopic (exact) mass is 431 g/mol. The van der Waals surface area contributed by atoms with E-state index in [4.69, 9.17) is 4.74 Å². The van der Waals surface area contributed by atoms with Crippen LogP contribution in [0.15, 0.2) is 60.9 Å². The van der Waals surface area contributed by atoms with Crippen molar-refractivity contribution in [1.82, 2.24) is 20.2 Å². The standard InChI is InChI=1S/C19H21N5O5S/c25-18(13-21-19(26)29-14-15-4-2-1-3-5-15)20-9-11-30(27,28)23-16-7-10-24-17(12-16)6-8-22-24/h1-8,10,12,23H,9,11,13-14H2,(H,20,25)(H,21,26). The molecule has 158 valence electrons. The van der Waals surface area contributed by atoms with E-state index < -0.39 is 22.0 Å². The second kappa shape index (κ2) is 9.74. The number of rotatable bonds is 9.